The first-order chi connectivity index (χ1) is 7.49. The van der Waals surface area contributed by atoms with E-state index in [2.05, 4.69) is 13.8 Å². The molecule has 3 heteroatoms. The van der Waals surface area contributed by atoms with Gasteiger partial charge < -0.3 is 9.67 Å². The van der Waals surface area contributed by atoms with E-state index in [1.54, 1.807) is 6.07 Å². The maximum Gasteiger partial charge on any atom is 0.352 e. The first kappa shape index (κ1) is 11.2. The Morgan fingerprint density at radius 1 is 1.56 bits per heavy atom. The summed E-state index contributed by atoms with van der Waals surface area (Å²) in [5, 5.41) is 9.09. The van der Waals surface area contributed by atoms with Gasteiger partial charge in [-0.25, -0.2) is 4.79 Å². The molecule has 0 spiro atoms. The lowest BCUT2D eigenvalue weighted by molar-refractivity contribution is 0.0676. The first-order valence-corrected chi connectivity index (χ1v) is 5.90. The maximum absolute atomic E-state index is 11.1. The fourth-order valence-electron chi connectivity index (χ4n) is 2.79. The predicted octanol–water partition coefficient (Wildman–Crippen LogP) is 3.33. The summed E-state index contributed by atoms with van der Waals surface area (Å²) >= 11 is 0. The van der Waals surface area contributed by atoms with E-state index in [0.717, 1.165) is 12.8 Å². The molecule has 1 saturated carbocycles. The van der Waals surface area contributed by atoms with Crippen molar-refractivity contribution in [2.45, 2.75) is 45.6 Å². The van der Waals surface area contributed by atoms with Gasteiger partial charge in [-0.3, -0.25) is 0 Å². The van der Waals surface area contributed by atoms with Crippen molar-refractivity contribution in [1.29, 1.82) is 0 Å². The molecule has 1 aliphatic carbocycles. The second-order valence-corrected chi connectivity index (χ2v) is 5.52. The van der Waals surface area contributed by atoms with Crippen molar-refractivity contribution >= 4 is 5.97 Å². The number of rotatable bonds is 2. The molecule has 88 valence electrons. The topological polar surface area (TPSA) is 42.2 Å². The first-order valence-electron chi connectivity index (χ1n) is 5.90. The second kappa shape index (κ2) is 3.96. The highest BCUT2D eigenvalue weighted by molar-refractivity contribution is 5.85. The van der Waals surface area contributed by atoms with Crippen LogP contribution in [0.1, 0.15) is 56.1 Å². The Labute approximate surface area is 96.1 Å². The summed E-state index contributed by atoms with van der Waals surface area (Å²) in [6.07, 6.45) is 6.50. The molecule has 0 amide bonds. The molecule has 2 rings (SSSR count). The number of nitrogens with zero attached hydrogens (tertiary/aromatic N) is 1. The number of carboxylic acids is 1. The average Bonchev–Trinajstić information content (AvgIpc) is 2.64. The number of aromatic nitrogens is 1. The van der Waals surface area contributed by atoms with Crippen LogP contribution in [0, 0.1) is 5.41 Å². The fraction of sp³-hybridized carbons (Fsp3) is 0.615. The van der Waals surface area contributed by atoms with Crippen LogP contribution in [-0.2, 0) is 0 Å². The van der Waals surface area contributed by atoms with Gasteiger partial charge in [-0.1, -0.05) is 20.3 Å². The molecule has 1 fully saturated rings. The van der Waals surface area contributed by atoms with E-state index < -0.39 is 5.97 Å². The van der Waals surface area contributed by atoms with Crippen molar-refractivity contribution in [3.8, 4) is 0 Å². The van der Waals surface area contributed by atoms with Gasteiger partial charge in [-0.2, -0.15) is 0 Å². The Bertz CT molecular complexity index is 392. The molecule has 1 atom stereocenters. The normalized spacial score (nSPS) is 24.2. The zero-order valence-electron chi connectivity index (χ0n) is 9.94. The van der Waals surface area contributed by atoms with Crippen LogP contribution in [0.25, 0.3) is 0 Å². The molecule has 0 aliphatic heterocycles. The van der Waals surface area contributed by atoms with Crippen LogP contribution in [0.15, 0.2) is 18.3 Å². The van der Waals surface area contributed by atoms with Crippen LogP contribution < -0.4 is 0 Å². The summed E-state index contributed by atoms with van der Waals surface area (Å²) in [6.45, 7) is 4.53. The summed E-state index contributed by atoms with van der Waals surface area (Å²) in [6, 6.07) is 3.86. The maximum atomic E-state index is 11.1. The van der Waals surface area contributed by atoms with Crippen molar-refractivity contribution in [2.75, 3.05) is 0 Å². The summed E-state index contributed by atoms with van der Waals surface area (Å²) in [5.74, 6) is -0.826. The standard InChI is InChI=1S/C13H19NO2/c1-13(2)7-3-5-10(9-13)14-8-4-6-11(14)12(15)16/h4,6,8,10H,3,5,7,9H2,1-2H3,(H,15,16). The van der Waals surface area contributed by atoms with Gasteiger partial charge in [-0.15, -0.1) is 0 Å². The molecular formula is C13H19NO2. The van der Waals surface area contributed by atoms with E-state index in [4.69, 9.17) is 5.11 Å². The number of hydrogen-bond donors (Lipinski definition) is 1. The number of carbonyl (C=O) groups is 1. The van der Waals surface area contributed by atoms with Crippen LogP contribution in [0.4, 0.5) is 0 Å². The van der Waals surface area contributed by atoms with Crippen molar-refractivity contribution in [2.24, 2.45) is 5.41 Å². The minimum absolute atomic E-state index is 0.336. The second-order valence-electron chi connectivity index (χ2n) is 5.52. The van der Waals surface area contributed by atoms with Gasteiger partial charge in [-0.05, 0) is 36.8 Å². The van der Waals surface area contributed by atoms with Gasteiger partial charge in [0, 0.05) is 12.2 Å². The Hall–Kier alpha value is -1.25. The van der Waals surface area contributed by atoms with Crippen molar-refractivity contribution in [1.82, 2.24) is 4.57 Å². The molecule has 16 heavy (non-hydrogen) atoms. The lowest BCUT2D eigenvalue weighted by Crippen LogP contribution is -2.26. The SMILES string of the molecule is CC1(C)CCCC(n2cccc2C(=O)O)C1. The largest absolute Gasteiger partial charge is 0.477 e. The number of hydrogen-bond acceptors (Lipinski definition) is 1. The third-order valence-electron chi connectivity index (χ3n) is 3.57. The molecule has 0 aromatic carbocycles. The van der Waals surface area contributed by atoms with E-state index in [9.17, 15) is 4.79 Å². The Balaban J connectivity index is 2.23. The van der Waals surface area contributed by atoms with Crippen LogP contribution >= 0.6 is 0 Å². The summed E-state index contributed by atoms with van der Waals surface area (Å²) in [4.78, 5) is 11.1. The lowest BCUT2D eigenvalue weighted by atomic mass is 9.75. The van der Waals surface area contributed by atoms with Crippen molar-refractivity contribution in [3.63, 3.8) is 0 Å². The summed E-state index contributed by atoms with van der Waals surface area (Å²) in [7, 11) is 0. The summed E-state index contributed by atoms with van der Waals surface area (Å²) in [5.41, 5.74) is 0.755. The summed E-state index contributed by atoms with van der Waals surface area (Å²) < 4.78 is 1.93. The van der Waals surface area contributed by atoms with Gasteiger partial charge in [0.1, 0.15) is 5.69 Å². The van der Waals surface area contributed by atoms with Crippen LogP contribution in [0.3, 0.4) is 0 Å². The van der Waals surface area contributed by atoms with E-state index in [1.807, 2.05) is 16.8 Å². The zero-order chi connectivity index (χ0) is 11.8. The molecule has 1 N–H and O–H groups in total. The van der Waals surface area contributed by atoms with Crippen LogP contribution in [0.2, 0.25) is 0 Å². The molecule has 1 aromatic rings. The molecular weight excluding hydrogens is 202 g/mol. The smallest absolute Gasteiger partial charge is 0.352 e. The number of aromatic carboxylic acids is 1. The molecule has 0 saturated heterocycles. The van der Waals surface area contributed by atoms with Crippen molar-refractivity contribution < 1.29 is 9.90 Å². The lowest BCUT2D eigenvalue weighted by Gasteiger charge is -2.36. The fourth-order valence-corrected chi connectivity index (χ4v) is 2.79. The van der Waals surface area contributed by atoms with Gasteiger partial charge in [0.05, 0.1) is 0 Å². The predicted molar refractivity (Wildman–Crippen MR) is 62.7 cm³/mol. The molecule has 0 bridgehead atoms. The molecule has 0 radical (unpaired) electrons. The van der Waals surface area contributed by atoms with Gasteiger partial charge in [0.2, 0.25) is 0 Å². The Morgan fingerprint density at radius 3 is 2.94 bits per heavy atom. The van der Waals surface area contributed by atoms with E-state index in [-0.39, 0.29) is 0 Å². The number of carboxylic acid groups (broad SMARTS) is 1. The Kier molecular flexibility index (Phi) is 2.78. The minimum atomic E-state index is -0.826. The monoisotopic (exact) mass is 221 g/mol. The van der Waals surface area contributed by atoms with Crippen molar-refractivity contribution in [3.05, 3.63) is 24.0 Å². The van der Waals surface area contributed by atoms with Gasteiger partial charge in [0.15, 0.2) is 0 Å². The van der Waals surface area contributed by atoms with Crippen LogP contribution in [0.5, 0.6) is 0 Å². The minimum Gasteiger partial charge on any atom is -0.477 e. The highest BCUT2D eigenvalue weighted by Crippen LogP contribution is 2.41. The molecule has 1 unspecified atom stereocenters. The third kappa shape index (κ3) is 2.13. The van der Waals surface area contributed by atoms with E-state index >= 15 is 0 Å². The highest BCUT2D eigenvalue weighted by Gasteiger charge is 2.30. The van der Waals surface area contributed by atoms with Crippen LogP contribution in [-0.4, -0.2) is 15.6 Å². The molecule has 1 aromatic heterocycles. The third-order valence-corrected chi connectivity index (χ3v) is 3.57. The zero-order valence-corrected chi connectivity index (χ0v) is 9.94. The average molecular weight is 221 g/mol. The highest BCUT2D eigenvalue weighted by atomic mass is 16.4. The molecule has 1 aliphatic rings. The molecule has 3 nitrogen and oxygen atoms in total. The Morgan fingerprint density at radius 2 is 2.31 bits per heavy atom. The van der Waals surface area contributed by atoms with Gasteiger partial charge in [0.25, 0.3) is 0 Å². The van der Waals surface area contributed by atoms with Gasteiger partial charge >= 0.3 is 5.97 Å². The molecule has 1 heterocycles. The quantitative estimate of drug-likeness (QED) is 0.832. The van der Waals surface area contributed by atoms with E-state index in [0.29, 0.717) is 17.2 Å². The van der Waals surface area contributed by atoms with E-state index in [1.165, 1.54) is 12.8 Å².